The lowest BCUT2D eigenvalue weighted by Gasteiger charge is -2.28. The number of amides is 1. The molecule has 212 valence electrons. The van der Waals surface area contributed by atoms with Crippen molar-refractivity contribution in [3.63, 3.8) is 0 Å². The number of halogens is 1. The molecular weight excluding hydrogens is 554 g/mol. The van der Waals surface area contributed by atoms with Crippen molar-refractivity contribution in [2.24, 2.45) is 0 Å². The summed E-state index contributed by atoms with van der Waals surface area (Å²) in [5.41, 5.74) is 3.32. The lowest BCUT2D eigenvalue weighted by atomic mass is 9.96. The molecule has 0 saturated carbocycles. The average Bonchev–Trinajstić information content (AvgIpc) is 3.32. The molecule has 0 radical (unpaired) electrons. The number of rotatable bonds is 7. The van der Waals surface area contributed by atoms with Crippen molar-refractivity contribution in [2.75, 3.05) is 36.9 Å². The molecule has 3 aromatic rings. The summed E-state index contributed by atoms with van der Waals surface area (Å²) in [6.45, 7) is 9.30. The van der Waals surface area contributed by atoms with Crippen molar-refractivity contribution < 1.29 is 22.7 Å². The molecule has 0 spiro atoms. The number of hydrogen-bond donors (Lipinski definition) is 2. The summed E-state index contributed by atoms with van der Waals surface area (Å²) in [5, 5.41) is 5.91. The molecular formula is C28H32ClN5O5S. The van der Waals surface area contributed by atoms with Crippen LogP contribution in [0.2, 0.25) is 5.02 Å². The van der Waals surface area contributed by atoms with Gasteiger partial charge in [-0.05, 0) is 51.5 Å². The van der Waals surface area contributed by atoms with Gasteiger partial charge in [0.2, 0.25) is 5.95 Å². The number of aryl methyl sites for hydroxylation is 1. The van der Waals surface area contributed by atoms with E-state index in [-0.39, 0.29) is 33.7 Å². The van der Waals surface area contributed by atoms with E-state index in [2.05, 4.69) is 20.6 Å². The molecule has 2 N–H and O–H groups in total. The van der Waals surface area contributed by atoms with Gasteiger partial charge < -0.3 is 25.0 Å². The monoisotopic (exact) mass is 585 g/mol. The van der Waals surface area contributed by atoms with Gasteiger partial charge in [-0.3, -0.25) is 4.79 Å². The predicted octanol–water partition coefficient (Wildman–Crippen LogP) is 4.90. The third kappa shape index (κ3) is 5.45. The maximum atomic E-state index is 13.5. The molecule has 5 rings (SSSR count). The van der Waals surface area contributed by atoms with E-state index in [4.69, 9.17) is 21.1 Å². The molecule has 2 aliphatic heterocycles. The normalized spacial score (nSPS) is 16.9. The number of aromatic nitrogens is 2. The quantitative estimate of drug-likeness (QED) is 0.398. The Bertz CT molecular complexity index is 1560. The highest BCUT2D eigenvalue weighted by Crippen LogP contribution is 2.42. The number of morpholine rings is 1. The van der Waals surface area contributed by atoms with Crippen LogP contribution in [-0.2, 0) is 21.0 Å². The van der Waals surface area contributed by atoms with Gasteiger partial charge in [-0.25, -0.2) is 13.4 Å². The van der Waals surface area contributed by atoms with Gasteiger partial charge in [0.15, 0.2) is 15.7 Å². The Morgan fingerprint density at radius 2 is 1.88 bits per heavy atom. The van der Waals surface area contributed by atoms with Gasteiger partial charge >= 0.3 is 0 Å². The standard InChI is InChI=1S/C28H32ClN5O5S/c1-16(2)40(36,37)23-8-6-5-7-21(23)31-26-20(29)15-30-28(33-26)32-22-13-17(3)24(19-14-18(4)39-25(19)22)27(35)34-9-11-38-12-10-34/h5-8,13,15-16,18H,9-12,14H2,1-4H3,(H2,30,31,32,33)/t18-/m0/s1. The molecule has 2 aliphatic rings. The van der Waals surface area contributed by atoms with E-state index in [0.29, 0.717) is 55.4 Å². The molecule has 1 aromatic heterocycles. The number of nitrogens with zero attached hydrogens (tertiary/aromatic N) is 3. The Morgan fingerprint density at radius 3 is 2.60 bits per heavy atom. The summed E-state index contributed by atoms with van der Waals surface area (Å²) in [6, 6.07) is 8.49. The van der Waals surface area contributed by atoms with Crippen LogP contribution in [0.25, 0.3) is 0 Å². The van der Waals surface area contributed by atoms with E-state index in [1.54, 1.807) is 38.1 Å². The first-order valence-corrected chi connectivity index (χ1v) is 15.1. The van der Waals surface area contributed by atoms with E-state index in [9.17, 15) is 13.2 Å². The van der Waals surface area contributed by atoms with Gasteiger partial charge in [0.1, 0.15) is 16.9 Å². The summed E-state index contributed by atoms with van der Waals surface area (Å²) in [6.07, 6.45) is 1.94. The zero-order valence-corrected chi connectivity index (χ0v) is 24.4. The van der Waals surface area contributed by atoms with Gasteiger partial charge in [-0.15, -0.1) is 0 Å². The van der Waals surface area contributed by atoms with Gasteiger partial charge in [0.25, 0.3) is 5.91 Å². The third-order valence-corrected chi connectivity index (χ3v) is 9.44. The highest BCUT2D eigenvalue weighted by molar-refractivity contribution is 7.92. The van der Waals surface area contributed by atoms with Crippen LogP contribution in [0.3, 0.4) is 0 Å². The number of hydrogen-bond acceptors (Lipinski definition) is 9. The lowest BCUT2D eigenvalue weighted by molar-refractivity contribution is 0.0301. The Balaban J connectivity index is 1.47. The number of carbonyl (C=O) groups excluding carboxylic acids is 1. The number of ether oxygens (including phenoxy) is 2. The van der Waals surface area contributed by atoms with Gasteiger partial charge in [0, 0.05) is 30.6 Å². The van der Waals surface area contributed by atoms with E-state index in [1.165, 1.54) is 6.20 Å². The minimum atomic E-state index is -3.55. The second kappa shape index (κ2) is 11.2. The largest absolute Gasteiger partial charge is 0.488 e. The fourth-order valence-electron chi connectivity index (χ4n) is 4.88. The fourth-order valence-corrected chi connectivity index (χ4v) is 6.22. The average molecular weight is 586 g/mol. The van der Waals surface area contributed by atoms with E-state index >= 15 is 0 Å². The smallest absolute Gasteiger partial charge is 0.254 e. The molecule has 0 unspecified atom stereocenters. The molecule has 1 fully saturated rings. The van der Waals surface area contributed by atoms with E-state index in [1.807, 2.05) is 24.8 Å². The zero-order valence-electron chi connectivity index (χ0n) is 22.8. The fraction of sp³-hybridized carbons (Fsp3) is 0.393. The second-order valence-electron chi connectivity index (χ2n) is 10.2. The summed E-state index contributed by atoms with van der Waals surface area (Å²) in [7, 11) is -3.55. The Morgan fingerprint density at radius 1 is 1.15 bits per heavy atom. The molecule has 0 aliphatic carbocycles. The topological polar surface area (TPSA) is 123 Å². The third-order valence-electron chi connectivity index (χ3n) is 6.96. The molecule has 2 aromatic carbocycles. The summed E-state index contributed by atoms with van der Waals surface area (Å²) in [4.78, 5) is 24.3. The highest BCUT2D eigenvalue weighted by Gasteiger charge is 2.32. The first-order chi connectivity index (χ1) is 19.1. The van der Waals surface area contributed by atoms with Crippen LogP contribution in [0.4, 0.5) is 23.1 Å². The molecule has 1 amide bonds. The molecule has 1 saturated heterocycles. The van der Waals surface area contributed by atoms with Crippen LogP contribution in [-0.4, -0.2) is 66.9 Å². The van der Waals surface area contributed by atoms with Crippen molar-refractivity contribution in [3.8, 4) is 5.75 Å². The predicted molar refractivity (Wildman–Crippen MR) is 154 cm³/mol. The number of benzene rings is 2. The molecule has 3 heterocycles. The van der Waals surface area contributed by atoms with Crippen LogP contribution in [0, 0.1) is 6.92 Å². The van der Waals surface area contributed by atoms with Gasteiger partial charge in [0.05, 0.1) is 40.9 Å². The molecule has 12 heteroatoms. The van der Waals surface area contributed by atoms with Crippen LogP contribution < -0.4 is 15.4 Å². The first kappa shape index (κ1) is 28.1. The number of anilines is 4. The van der Waals surface area contributed by atoms with Crippen molar-refractivity contribution in [3.05, 3.63) is 58.2 Å². The van der Waals surface area contributed by atoms with E-state index in [0.717, 1.165) is 11.1 Å². The summed E-state index contributed by atoms with van der Waals surface area (Å²) >= 11 is 6.41. The lowest BCUT2D eigenvalue weighted by Crippen LogP contribution is -2.41. The number of nitrogens with one attached hydrogen (secondary N) is 2. The maximum absolute atomic E-state index is 13.5. The SMILES string of the molecule is Cc1cc(Nc2ncc(Cl)c(Nc3ccccc3S(=O)(=O)C(C)C)n2)c2c(c1C(=O)N1CCOCC1)C[C@H](C)O2. The Labute approximate surface area is 239 Å². The van der Waals surface area contributed by atoms with Crippen LogP contribution in [0.5, 0.6) is 5.75 Å². The van der Waals surface area contributed by atoms with Crippen LogP contribution in [0.15, 0.2) is 41.4 Å². The number of para-hydroxylation sites is 1. The van der Waals surface area contributed by atoms with Crippen molar-refractivity contribution >= 4 is 50.5 Å². The van der Waals surface area contributed by atoms with E-state index < -0.39 is 15.1 Å². The number of sulfone groups is 1. The van der Waals surface area contributed by atoms with Gasteiger partial charge in [-0.2, -0.15) is 4.98 Å². The van der Waals surface area contributed by atoms with Crippen LogP contribution in [0.1, 0.15) is 42.3 Å². The highest BCUT2D eigenvalue weighted by atomic mass is 35.5. The Hall–Kier alpha value is -3.41. The maximum Gasteiger partial charge on any atom is 0.254 e. The Kier molecular flexibility index (Phi) is 7.89. The molecule has 40 heavy (non-hydrogen) atoms. The minimum Gasteiger partial charge on any atom is -0.488 e. The van der Waals surface area contributed by atoms with Crippen LogP contribution >= 0.6 is 11.6 Å². The second-order valence-corrected chi connectivity index (χ2v) is 13.1. The molecule has 1 atom stereocenters. The number of carbonyl (C=O) groups is 1. The minimum absolute atomic E-state index is 0.0226. The van der Waals surface area contributed by atoms with Crippen molar-refractivity contribution in [2.45, 2.75) is 50.4 Å². The summed E-state index contributed by atoms with van der Waals surface area (Å²) in [5.74, 6) is 1.04. The van der Waals surface area contributed by atoms with Crippen molar-refractivity contribution in [1.82, 2.24) is 14.9 Å². The molecule has 0 bridgehead atoms. The first-order valence-electron chi connectivity index (χ1n) is 13.2. The zero-order chi connectivity index (χ0) is 28.6. The summed E-state index contributed by atoms with van der Waals surface area (Å²) < 4.78 is 37.4. The van der Waals surface area contributed by atoms with Crippen molar-refractivity contribution in [1.29, 1.82) is 0 Å². The molecule has 10 nitrogen and oxygen atoms in total. The van der Waals surface area contributed by atoms with Gasteiger partial charge in [-0.1, -0.05) is 23.7 Å². The number of fused-ring (bicyclic) bond motifs is 1.